The minimum Gasteiger partial charge on any atom is -0.394 e. The molecule has 1 fully saturated rings. The molecule has 0 radical (unpaired) electrons. The Kier molecular flexibility index (Phi) is 6.66. The summed E-state index contributed by atoms with van der Waals surface area (Å²) in [7, 11) is 0. The lowest BCUT2D eigenvalue weighted by atomic mass is 9.88. The lowest BCUT2D eigenvalue weighted by Gasteiger charge is -2.43. The molecule has 2 amide bonds. The maximum Gasteiger partial charge on any atom is 0.242 e. The molecule has 0 saturated carbocycles. The van der Waals surface area contributed by atoms with Crippen LogP contribution in [0.15, 0.2) is 0 Å². The Bertz CT molecular complexity index is 407. The molecule has 1 rings (SSSR count). The van der Waals surface area contributed by atoms with E-state index in [9.17, 15) is 24.9 Å². The van der Waals surface area contributed by atoms with E-state index in [4.69, 9.17) is 20.3 Å². The molecule has 22 heavy (non-hydrogen) atoms. The molecule has 0 aromatic rings. The Morgan fingerprint density at radius 2 is 2.14 bits per heavy atom. The highest BCUT2D eigenvalue weighted by Crippen LogP contribution is 2.29. The molecule has 0 aliphatic carbocycles. The van der Waals surface area contributed by atoms with Gasteiger partial charge in [-0.15, -0.1) is 0 Å². The van der Waals surface area contributed by atoms with Crippen molar-refractivity contribution in [1.82, 2.24) is 5.32 Å². The highest BCUT2D eigenvalue weighted by atomic mass is 16.7. The molecule has 1 aliphatic rings. The summed E-state index contributed by atoms with van der Waals surface area (Å²) >= 11 is 0. The molecule has 7 N–H and O–H groups in total. The zero-order valence-corrected chi connectivity index (χ0v) is 12.1. The van der Waals surface area contributed by atoms with E-state index >= 15 is 0 Å². The largest absolute Gasteiger partial charge is 0.394 e. The predicted molar refractivity (Wildman–Crippen MR) is 71.2 cm³/mol. The Hall–Kier alpha value is -1.30. The fraction of sp³-hybridized carbons (Fsp3) is 0.833. The average Bonchev–Trinajstić information content (AvgIpc) is 2.44. The van der Waals surface area contributed by atoms with Gasteiger partial charge in [-0.2, -0.15) is 0 Å². The number of carbonyl (C=O) groups is 2. The van der Waals surface area contributed by atoms with Gasteiger partial charge in [-0.3, -0.25) is 9.59 Å². The van der Waals surface area contributed by atoms with Crippen molar-refractivity contribution in [3.8, 4) is 0 Å². The van der Waals surface area contributed by atoms with Crippen LogP contribution in [0.4, 0.5) is 0 Å². The van der Waals surface area contributed by atoms with E-state index < -0.39 is 55.2 Å². The molecule has 2 unspecified atom stereocenters. The van der Waals surface area contributed by atoms with E-state index in [0.717, 1.165) is 0 Å². The molecule has 10 heteroatoms. The molecule has 5 atom stereocenters. The molecule has 128 valence electrons. The molecule has 10 nitrogen and oxygen atoms in total. The Labute approximate surface area is 126 Å². The van der Waals surface area contributed by atoms with Crippen LogP contribution < -0.4 is 11.1 Å². The van der Waals surface area contributed by atoms with E-state index in [-0.39, 0.29) is 13.0 Å². The number of hydrogen-bond donors (Lipinski definition) is 6. The second-order valence-electron chi connectivity index (χ2n) is 5.20. The zero-order chi connectivity index (χ0) is 16.9. The van der Waals surface area contributed by atoms with E-state index in [2.05, 4.69) is 5.32 Å². The van der Waals surface area contributed by atoms with Crippen molar-refractivity contribution in [2.24, 2.45) is 5.73 Å². The SMILES string of the molecule is CC(=O)N[C@@H](CO[C@@H]1OC(CO)[C@@](O)(CO)CC1O)C(N)=O. The van der Waals surface area contributed by atoms with E-state index in [0.29, 0.717) is 0 Å². The maximum atomic E-state index is 11.2. The third-order valence-electron chi connectivity index (χ3n) is 3.36. The fourth-order valence-corrected chi connectivity index (χ4v) is 2.13. The second-order valence-corrected chi connectivity index (χ2v) is 5.20. The predicted octanol–water partition coefficient (Wildman–Crippen LogP) is -3.82. The number of aliphatic hydroxyl groups is 4. The minimum atomic E-state index is -1.80. The van der Waals surface area contributed by atoms with Gasteiger partial charge in [0.1, 0.15) is 23.9 Å². The van der Waals surface area contributed by atoms with Crippen LogP contribution in [0, 0.1) is 0 Å². The van der Waals surface area contributed by atoms with Gasteiger partial charge in [0.15, 0.2) is 6.29 Å². The molecule has 0 bridgehead atoms. The van der Waals surface area contributed by atoms with Crippen LogP contribution in [0.1, 0.15) is 13.3 Å². The summed E-state index contributed by atoms with van der Waals surface area (Å²) < 4.78 is 10.4. The molecule has 0 aromatic carbocycles. The van der Waals surface area contributed by atoms with Gasteiger partial charge < -0.3 is 41.0 Å². The topological polar surface area (TPSA) is 172 Å². The van der Waals surface area contributed by atoms with Crippen LogP contribution in [0.5, 0.6) is 0 Å². The smallest absolute Gasteiger partial charge is 0.242 e. The molecular formula is C12H22N2O8. The first-order valence-corrected chi connectivity index (χ1v) is 6.69. The maximum absolute atomic E-state index is 11.2. The van der Waals surface area contributed by atoms with Crippen molar-refractivity contribution in [3.63, 3.8) is 0 Å². The summed E-state index contributed by atoms with van der Waals surface area (Å²) in [4.78, 5) is 22.1. The zero-order valence-electron chi connectivity index (χ0n) is 12.1. The Balaban J connectivity index is 2.65. The molecular weight excluding hydrogens is 300 g/mol. The van der Waals surface area contributed by atoms with Crippen molar-refractivity contribution in [3.05, 3.63) is 0 Å². The van der Waals surface area contributed by atoms with Gasteiger partial charge in [0.05, 0.1) is 19.8 Å². The summed E-state index contributed by atoms with van der Waals surface area (Å²) in [5.74, 6) is -1.31. The normalized spacial score (nSPS) is 33.2. The molecule has 0 aromatic heterocycles. The van der Waals surface area contributed by atoms with Gasteiger partial charge in [0.25, 0.3) is 0 Å². The van der Waals surface area contributed by atoms with Crippen LogP contribution in [0.2, 0.25) is 0 Å². The standard InChI is InChI=1S/C12H22N2O8/c1-6(17)14-7(10(13)19)4-21-11-8(18)2-12(20,5-16)9(3-15)22-11/h7-9,11,15-16,18,20H,2-5H2,1H3,(H2,13,19)(H,14,17)/t7-,8?,9?,11+,12-/m0/s1. The first-order valence-electron chi connectivity index (χ1n) is 6.69. The number of rotatable bonds is 7. The Morgan fingerprint density at radius 1 is 1.50 bits per heavy atom. The second kappa shape index (κ2) is 7.81. The van der Waals surface area contributed by atoms with Crippen LogP contribution in [-0.2, 0) is 19.1 Å². The summed E-state index contributed by atoms with van der Waals surface area (Å²) in [6, 6.07) is -1.11. The van der Waals surface area contributed by atoms with Gasteiger partial charge in [-0.05, 0) is 0 Å². The van der Waals surface area contributed by atoms with Gasteiger partial charge in [0, 0.05) is 13.3 Å². The van der Waals surface area contributed by atoms with E-state index in [1.165, 1.54) is 6.92 Å². The summed E-state index contributed by atoms with van der Waals surface area (Å²) in [6.07, 6.45) is -4.01. The minimum absolute atomic E-state index is 0.291. The monoisotopic (exact) mass is 322 g/mol. The Morgan fingerprint density at radius 3 is 2.59 bits per heavy atom. The first-order chi connectivity index (χ1) is 10.2. The van der Waals surface area contributed by atoms with E-state index in [1.54, 1.807) is 0 Å². The van der Waals surface area contributed by atoms with Crippen molar-refractivity contribution in [1.29, 1.82) is 0 Å². The first kappa shape index (κ1) is 18.7. The number of nitrogens with one attached hydrogen (secondary N) is 1. The van der Waals surface area contributed by atoms with Gasteiger partial charge in [0.2, 0.25) is 11.8 Å². The lowest BCUT2D eigenvalue weighted by Crippen LogP contribution is -2.60. The third-order valence-corrected chi connectivity index (χ3v) is 3.36. The van der Waals surface area contributed by atoms with Gasteiger partial charge in [-0.1, -0.05) is 0 Å². The molecule has 0 spiro atoms. The highest BCUT2D eigenvalue weighted by molar-refractivity contribution is 5.85. The van der Waals surface area contributed by atoms with Crippen LogP contribution in [-0.4, -0.2) is 82.2 Å². The van der Waals surface area contributed by atoms with Gasteiger partial charge >= 0.3 is 0 Å². The summed E-state index contributed by atoms with van der Waals surface area (Å²) in [5, 5.41) is 40.5. The summed E-state index contributed by atoms with van der Waals surface area (Å²) in [5.41, 5.74) is 3.31. The van der Waals surface area contributed by atoms with Crippen LogP contribution >= 0.6 is 0 Å². The molecule has 1 aliphatic heterocycles. The number of ether oxygens (including phenoxy) is 2. The quantitative estimate of drug-likeness (QED) is 0.277. The molecule has 1 saturated heterocycles. The highest BCUT2D eigenvalue weighted by Gasteiger charge is 2.47. The lowest BCUT2D eigenvalue weighted by molar-refractivity contribution is -0.302. The number of nitrogens with two attached hydrogens (primary N) is 1. The van der Waals surface area contributed by atoms with Crippen molar-refractivity contribution in [2.45, 2.75) is 43.5 Å². The number of amides is 2. The fourth-order valence-electron chi connectivity index (χ4n) is 2.13. The van der Waals surface area contributed by atoms with Crippen molar-refractivity contribution in [2.75, 3.05) is 19.8 Å². The van der Waals surface area contributed by atoms with Crippen molar-refractivity contribution < 1.29 is 39.5 Å². The van der Waals surface area contributed by atoms with E-state index in [1.807, 2.05) is 0 Å². The third kappa shape index (κ3) is 4.60. The van der Waals surface area contributed by atoms with Gasteiger partial charge in [-0.25, -0.2) is 0 Å². The summed E-state index contributed by atoms with van der Waals surface area (Å²) in [6.45, 7) is -0.468. The number of carbonyl (C=O) groups excluding carboxylic acids is 2. The molecule has 1 heterocycles. The van der Waals surface area contributed by atoms with Crippen molar-refractivity contribution >= 4 is 11.8 Å². The van der Waals surface area contributed by atoms with Crippen LogP contribution in [0.25, 0.3) is 0 Å². The number of aliphatic hydroxyl groups excluding tert-OH is 3. The number of hydrogen-bond acceptors (Lipinski definition) is 8. The average molecular weight is 322 g/mol. The van der Waals surface area contributed by atoms with Crippen LogP contribution in [0.3, 0.4) is 0 Å². The number of primary amides is 1.